The second-order valence-corrected chi connectivity index (χ2v) is 22.5. The van der Waals surface area contributed by atoms with E-state index in [0.717, 1.165) is 74.7 Å². The number of imide groups is 2. The number of rotatable bonds is 24. The SMILES string of the molecule is CCCCC(CC)CN1C(=O)c2ccc3c4ccc5c6c(ccc(c7ccc(c2c37)C1=O)c64)C(=O)N(C[C@@H](COC(c1ccccc1)(c1ccc(OC)cc1)c1ccc(OC)cc1)OP(OCCC#N)N(C(C)C)C(C)C)C5=O. The Hall–Kier alpha value is -7.30. The number of methoxy groups -OCH3 is 2. The lowest BCUT2D eigenvalue weighted by atomic mass is 9.80. The molecule has 79 heavy (non-hydrogen) atoms. The number of hydrogen-bond donors (Lipinski definition) is 0. The van der Waals surface area contributed by atoms with Crippen LogP contribution in [0.25, 0.3) is 43.1 Å². The molecule has 2 unspecified atom stereocenters. The van der Waals surface area contributed by atoms with Crippen LogP contribution in [0.2, 0.25) is 0 Å². The number of nitrogens with zero attached hydrogens (tertiary/aromatic N) is 4. The largest absolute Gasteiger partial charge is 0.497 e. The van der Waals surface area contributed by atoms with E-state index < -0.39 is 32.0 Å². The van der Waals surface area contributed by atoms with Crippen LogP contribution >= 0.6 is 8.53 Å². The first kappa shape index (κ1) is 55.0. The Bertz CT molecular complexity index is 3440. The minimum atomic E-state index is -1.91. The Morgan fingerprint density at radius 2 is 1.03 bits per heavy atom. The van der Waals surface area contributed by atoms with Crippen LogP contribution in [0.15, 0.2) is 127 Å². The van der Waals surface area contributed by atoms with Crippen molar-refractivity contribution in [2.24, 2.45) is 5.92 Å². The third-order valence-electron chi connectivity index (χ3n) is 15.7. The molecule has 0 aliphatic carbocycles. The highest BCUT2D eigenvalue weighted by Gasteiger charge is 2.43. The number of carbonyl (C=O) groups excluding carboxylic acids is 4. The first-order valence-corrected chi connectivity index (χ1v) is 28.6. The van der Waals surface area contributed by atoms with Gasteiger partial charge in [0.05, 0.1) is 46.5 Å². The van der Waals surface area contributed by atoms with Crippen LogP contribution in [0.5, 0.6) is 11.5 Å². The Balaban J connectivity index is 1.07. The predicted octanol–water partition coefficient (Wildman–Crippen LogP) is 13.8. The molecule has 2 aliphatic rings. The summed E-state index contributed by atoms with van der Waals surface area (Å²) in [5.74, 6) is -0.0283. The van der Waals surface area contributed by atoms with E-state index in [1.54, 1.807) is 26.4 Å². The molecule has 14 heteroatoms. The monoisotopic (exact) mass is 1080 g/mol. The first-order chi connectivity index (χ1) is 38.3. The number of fused-ring (bicyclic) bond motifs is 2. The number of nitriles is 1. The van der Waals surface area contributed by atoms with Gasteiger partial charge in [-0.05, 0) is 138 Å². The number of hydrogen-bond acceptors (Lipinski definition) is 11. The van der Waals surface area contributed by atoms with E-state index in [-0.39, 0.29) is 56.0 Å². The minimum Gasteiger partial charge on any atom is -0.497 e. The number of ether oxygens (including phenoxy) is 3. The molecule has 0 radical (unpaired) electrons. The zero-order valence-corrected chi connectivity index (χ0v) is 47.1. The summed E-state index contributed by atoms with van der Waals surface area (Å²) in [4.78, 5) is 62.1. The minimum absolute atomic E-state index is 0.0528. The van der Waals surface area contributed by atoms with Crippen molar-refractivity contribution in [3.8, 4) is 17.6 Å². The summed E-state index contributed by atoms with van der Waals surface area (Å²) in [5, 5.41) is 15.6. The van der Waals surface area contributed by atoms with Crippen LogP contribution in [0, 0.1) is 17.2 Å². The third-order valence-corrected chi connectivity index (χ3v) is 17.9. The van der Waals surface area contributed by atoms with Crippen LogP contribution in [0.3, 0.4) is 0 Å². The molecule has 2 aliphatic heterocycles. The fraction of sp³-hybridized carbons (Fsp3) is 0.338. The van der Waals surface area contributed by atoms with Gasteiger partial charge in [-0.1, -0.05) is 112 Å². The molecule has 0 fully saturated rings. The van der Waals surface area contributed by atoms with E-state index >= 15 is 9.59 Å². The van der Waals surface area contributed by atoms with E-state index in [0.29, 0.717) is 51.1 Å². The molecule has 8 aromatic rings. The van der Waals surface area contributed by atoms with E-state index in [1.807, 2.05) is 143 Å². The number of carbonyl (C=O) groups is 4. The zero-order valence-electron chi connectivity index (χ0n) is 46.2. The van der Waals surface area contributed by atoms with Gasteiger partial charge in [0, 0.05) is 51.7 Å². The van der Waals surface area contributed by atoms with Crippen LogP contribution in [-0.2, 0) is 19.4 Å². The molecule has 0 N–H and O–H groups in total. The molecular formula is C65H67N4O9P. The topological polar surface area (TPSA) is 148 Å². The molecule has 8 aromatic carbocycles. The summed E-state index contributed by atoms with van der Waals surface area (Å²) in [5.41, 5.74) is 2.80. The van der Waals surface area contributed by atoms with Crippen molar-refractivity contribution in [3.05, 3.63) is 166 Å². The molecule has 0 bridgehead atoms. The lowest BCUT2D eigenvalue weighted by molar-refractivity contribution is -0.0394. The number of unbranched alkanes of at least 4 members (excludes halogenated alkanes) is 1. The van der Waals surface area contributed by atoms with E-state index in [9.17, 15) is 14.9 Å². The number of benzene rings is 8. The molecule has 4 amide bonds. The van der Waals surface area contributed by atoms with E-state index in [4.69, 9.17) is 23.3 Å². The molecule has 2 heterocycles. The summed E-state index contributed by atoms with van der Waals surface area (Å²) < 4.78 is 34.4. The highest BCUT2D eigenvalue weighted by atomic mass is 31.2. The second-order valence-electron chi connectivity index (χ2n) is 21.1. The lowest BCUT2D eigenvalue weighted by Crippen LogP contribution is -2.47. The summed E-state index contributed by atoms with van der Waals surface area (Å²) >= 11 is 0. The highest BCUT2D eigenvalue weighted by molar-refractivity contribution is 7.44. The fourth-order valence-electron chi connectivity index (χ4n) is 11.9. The highest BCUT2D eigenvalue weighted by Crippen LogP contribution is 2.50. The molecule has 13 nitrogen and oxygen atoms in total. The average Bonchev–Trinajstić information content (AvgIpc) is 3.61. The van der Waals surface area contributed by atoms with E-state index in [2.05, 4.69) is 24.6 Å². The van der Waals surface area contributed by atoms with Gasteiger partial charge in [-0.2, -0.15) is 5.26 Å². The van der Waals surface area contributed by atoms with Gasteiger partial charge in [0.25, 0.3) is 32.2 Å². The van der Waals surface area contributed by atoms with Gasteiger partial charge in [-0.3, -0.25) is 29.0 Å². The van der Waals surface area contributed by atoms with Gasteiger partial charge in [0.1, 0.15) is 23.2 Å². The van der Waals surface area contributed by atoms with Crippen molar-refractivity contribution in [1.82, 2.24) is 14.5 Å². The molecule has 3 atom stereocenters. The summed E-state index contributed by atoms with van der Waals surface area (Å²) in [6.45, 7) is 12.6. The van der Waals surface area contributed by atoms with Crippen molar-refractivity contribution in [2.45, 2.75) is 97.4 Å². The molecule has 0 saturated heterocycles. The predicted molar refractivity (Wildman–Crippen MR) is 310 cm³/mol. The zero-order chi connectivity index (χ0) is 55.7. The molecule has 0 saturated carbocycles. The smallest absolute Gasteiger partial charge is 0.261 e. The first-order valence-electron chi connectivity index (χ1n) is 27.5. The Labute approximate surface area is 463 Å². The van der Waals surface area contributed by atoms with Gasteiger partial charge < -0.3 is 23.3 Å². The third kappa shape index (κ3) is 9.89. The average molecular weight is 1080 g/mol. The van der Waals surface area contributed by atoms with Gasteiger partial charge >= 0.3 is 0 Å². The van der Waals surface area contributed by atoms with Crippen LogP contribution in [0.1, 0.15) is 132 Å². The maximum absolute atomic E-state index is 15.4. The van der Waals surface area contributed by atoms with Gasteiger partial charge in [-0.25, -0.2) is 4.67 Å². The van der Waals surface area contributed by atoms with Gasteiger partial charge in [0.2, 0.25) is 0 Å². The van der Waals surface area contributed by atoms with Crippen LogP contribution < -0.4 is 9.47 Å². The number of amides is 4. The molecule has 406 valence electrons. The quantitative estimate of drug-likeness (QED) is 0.0142. The van der Waals surface area contributed by atoms with Crippen molar-refractivity contribution in [2.75, 3.05) is 40.5 Å². The van der Waals surface area contributed by atoms with Crippen molar-refractivity contribution >= 4 is 75.2 Å². The second kappa shape index (κ2) is 23.2. The van der Waals surface area contributed by atoms with Gasteiger partial charge in [-0.15, -0.1) is 0 Å². The van der Waals surface area contributed by atoms with Crippen molar-refractivity contribution < 1.29 is 42.4 Å². The maximum Gasteiger partial charge on any atom is 0.261 e. The summed E-state index contributed by atoms with van der Waals surface area (Å²) in [6, 6.07) is 42.3. The lowest BCUT2D eigenvalue weighted by Gasteiger charge is -2.40. The Kier molecular flexibility index (Phi) is 16.2. The maximum atomic E-state index is 15.4. The Morgan fingerprint density at radius 3 is 1.43 bits per heavy atom. The van der Waals surface area contributed by atoms with Gasteiger partial charge in [0.15, 0.2) is 0 Å². The normalized spacial score (nSPS) is 14.9. The molecular weight excluding hydrogens is 1010 g/mol. The van der Waals surface area contributed by atoms with Crippen molar-refractivity contribution in [1.29, 1.82) is 5.26 Å². The molecule has 10 rings (SSSR count). The summed E-state index contributed by atoms with van der Waals surface area (Å²) in [6.07, 6.45) is 3.04. The Morgan fingerprint density at radius 1 is 0.582 bits per heavy atom. The molecule has 0 aromatic heterocycles. The van der Waals surface area contributed by atoms with Crippen LogP contribution in [0.4, 0.5) is 0 Å². The van der Waals surface area contributed by atoms with Crippen LogP contribution in [-0.4, -0.2) is 96.8 Å². The molecule has 0 spiro atoms. The fourth-order valence-corrected chi connectivity index (χ4v) is 13.6. The van der Waals surface area contributed by atoms with E-state index in [1.165, 1.54) is 9.80 Å². The standard InChI is InChI=1S/C65H67N4O9P/c1-9-11-16-42(10-2)37-67-61(70)53-31-27-49-51-29-33-55-60-56(34-30-52(58(51)60)50-28-32-54(62(67)71)59(53)57(49)50)64(73)68(63(55)72)38-48(78-79(77-36-15-35-66)69(40(3)4)41(5)6)39-76-65(43-17-13-12-14-18-43,44-19-23-46(74-7)24-20-44)45-21-25-47(75-8)26-22-45/h12-14,17-34,40-42,48H,9-11,15-16,36-39H2,1-8H3/t42?,48-,79?/m0/s1. The van der Waals surface area contributed by atoms with Crippen molar-refractivity contribution in [3.63, 3.8) is 0 Å². The summed E-state index contributed by atoms with van der Waals surface area (Å²) in [7, 11) is 1.33.